The van der Waals surface area contributed by atoms with E-state index in [1.54, 1.807) is 26.0 Å². The third-order valence-corrected chi connectivity index (χ3v) is 3.56. The maximum absolute atomic E-state index is 11.9. The number of para-hydroxylation sites is 1. The van der Waals surface area contributed by atoms with E-state index >= 15 is 0 Å². The molecule has 18 heavy (non-hydrogen) atoms. The highest BCUT2D eigenvalue weighted by Gasteiger charge is 2.17. The van der Waals surface area contributed by atoms with Gasteiger partial charge in [0, 0.05) is 6.04 Å². The van der Waals surface area contributed by atoms with Crippen molar-refractivity contribution in [1.29, 1.82) is 0 Å². The average Bonchev–Trinajstić information content (AvgIpc) is 2.26. The second-order valence-corrected chi connectivity index (χ2v) is 5.82. The maximum atomic E-state index is 11.9. The summed E-state index contributed by atoms with van der Waals surface area (Å²) in [6.45, 7) is 3.28. The lowest BCUT2D eigenvalue weighted by molar-refractivity contribution is -0.120. The highest BCUT2D eigenvalue weighted by Crippen LogP contribution is 2.16. The number of rotatable bonds is 5. The van der Waals surface area contributed by atoms with E-state index in [0.29, 0.717) is 0 Å². The van der Waals surface area contributed by atoms with E-state index in [1.807, 2.05) is 0 Å². The molecule has 6 nitrogen and oxygen atoms in total. The summed E-state index contributed by atoms with van der Waals surface area (Å²) in [5.74, 6) is -0.386. The molecule has 1 rings (SSSR count). The van der Waals surface area contributed by atoms with Gasteiger partial charge in [-0.15, -0.1) is 0 Å². The van der Waals surface area contributed by atoms with Gasteiger partial charge in [-0.05, 0) is 26.0 Å². The van der Waals surface area contributed by atoms with Crippen LogP contribution in [0.3, 0.4) is 0 Å². The van der Waals surface area contributed by atoms with Crippen LogP contribution in [0.5, 0.6) is 0 Å². The molecule has 0 saturated carbocycles. The molecular weight excluding hydrogens is 254 g/mol. The summed E-state index contributed by atoms with van der Waals surface area (Å²) in [5, 5.41) is 2.58. The van der Waals surface area contributed by atoms with Crippen LogP contribution in [0, 0.1) is 0 Å². The third kappa shape index (κ3) is 4.01. The van der Waals surface area contributed by atoms with Crippen LogP contribution in [-0.4, -0.2) is 26.9 Å². The van der Waals surface area contributed by atoms with Gasteiger partial charge in [0.15, 0.2) is 0 Å². The highest BCUT2D eigenvalue weighted by atomic mass is 32.2. The van der Waals surface area contributed by atoms with Crippen LogP contribution < -0.4 is 15.8 Å². The van der Waals surface area contributed by atoms with Crippen molar-refractivity contribution >= 4 is 21.6 Å². The highest BCUT2D eigenvalue weighted by molar-refractivity contribution is 7.89. The van der Waals surface area contributed by atoms with Gasteiger partial charge in [0.2, 0.25) is 15.9 Å². The molecule has 0 saturated heterocycles. The van der Waals surface area contributed by atoms with Crippen LogP contribution in [0.1, 0.15) is 13.8 Å². The monoisotopic (exact) mass is 271 g/mol. The Balaban J connectivity index is 2.72. The number of hydrogen-bond acceptors (Lipinski definition) is 4. The first-order valence-corrected chi connectivity index (χ1v) is 6.95. The summed E-state index contributed by atoms with van der Waals surface area (Å²) in [7, 11) is -3.76. The zero-order chi connectivity index (χ0) is 13.8. The number of amides is 1. The zero-order valence-electron chi connectivity index (χ0n) is 10.3. The third-order valence-electron chi connectivity index (χ3n) is 2.08. The Morgan fingerprint density at radius 1 is 1.33 bits per heavy atom. The standard InChI is InChI=1S/C11H17N3O3S/c1-8(2)14-11(15)7-13-18(16,17)10-6-4-3-5-9(10)12/h3-6,8,13H,7,12H2,1-2H3,(H,14,15). The number of nitrogen functional groups attached to an aromatic ring is 1. The predicted octanol–water partition coefficient (Wildman–Crippen LogP) is 0.0717. The smallest absolute Gasteiger partial charge is 0.243 e. The topological polar surface area (TPSA) is 101 Å². The fraction of sp³-hybridized carbons (Fsp3) is 0.364. The number of benzene rings is 1. The Kier molecular flexibility index (Phi) is 4.69. The molecule has 0 radical (unpaired) electrons. The van der Waals surface area contributed by atoms with Crippen LogP contribution >= 0.6 is 0 Å². The molecule has 0 heterocycles. The van der Waals surface area contributed by atoms with Gasteiger partial charge < -0.3 is 11.1 Å². The fourth-order valence-electron chi connectivity index (χ4n) is 1.34. The number of hydrogen-bond donors (Lipinski definition) is 3. The van der Waals surface area contributed by atoms with Gasteiger partial charge in [0.05, 0.1) is 12.2 Å². The molecule has 0 aliphatic carbocycles. The molecule has 0 spiro atoms. The summed E-state index contributed by atoms with van der Waals surface area (Å²) in [6.07, 6.45) is 0. The minimum absolute atomic E-state index is 0.0256. The summed E-state index contributed by atoms with van der Waals surface area (Å²) in [4.78, 5) is 11.3. The summed E-state index contributed by atoms with van der Waals surface area (Å²) < 4.78 is 25.9. The summed E-state index contributed by atoms with van der Waals surface area (Å²) in [5.41, 5.74) is 5.72. The van der Waals surface area contributed by atoms with E-state index in [9.17, 15) is 13.2 Å². The van der Waals surface area contributed by atoms with E-state index in [1.165, 1.54) is 12.1 Å². The van der Waals surface area contributed by atoms with Gasteiger partial charge >= 0.3 is 0 Å². The molecule has 4 N–H and O–H groups in total. The number of nitrogens with two attached hydrogens (primary N) is 1. The Labute approximate surface area is 107 Å². The lowest BCUT2D eigenvalue weighted by Gasteiger charge is -2.10. The van der Waals surface area contributed by atoms with Crippen molar-refractivity contribution in [1.82, 2.24) is 10.0 Å². The second-order valence-electron chi connectivity index (χ2n) is 4.08. The number of carbonyl (C=O) groups excluding carboxylic acids is 1. The maximum Gasteiger partial charge on any atom is 0.243 e. The van der Waals surface area contributed by atoms with Crippen LogP contribution in [-0.2, 0) is 14.8 Å². The summed E-state index contributed by atoms with van der Waals surface area (Å²) in [6, 6.07) is 6.04. The van der Waals surface area contributed by atoms with E-state index in [0.717, 1.165) is 0 Å². The molecule has 100 valence electrons. The Morgan fingerprint density at radius 3 is 2.50 bits per heavy atom. The van der Waals surface area contributed by atoms with Crippen molar-refractivity contribution in [3.05, 3.63) is 24.3 Å². The number of sulfonamides is 1. The van der Waals surface area contributed by atoms with Crippen LogP contribution in [0.15, 0.2) is 29.2 Å². The first-order valence-electron chi connectivity index (χ1n) is 5.46. The molecule has 7 heteroatoms. The molecule has 0 aliphatic heterocycles. The molecule has 0 atom stereocenters. The molecule has 1 amide bonds. The van der Waals surface area contributed by atoms with Crippen molar-refractivity contribution < 1.29 is 13.2 Å². The molecule has 0 fully saturated rings. The van der Waals surface area contributed by atoms with Gasteiger partial charge in [-0.25, -0.2) is 13.1 Å². The van der Waals surface area contributed by atoms with Crippen molar-refractivity contribution in [2.24, 2.45) is 0 Å². The number of carbonyl (C=O) groups is 1. The summed E-state index contributed by atoms with van der Waals surface area (Å²) >= 11 is 0. The van der Waals surface area contributed by atoms with E-state index in [4.69, 9.17) is 5.73 Å². The van der Waals surface area contributed by atoms with Crippen LogP contribution in [0.2, 0.25) is 0 Å². The van der Waals surface area contributed by atoms with Crippen LogP contribution in [0.4, 0.5) is 5.69 Å². The Bertz CT molecular complexity index is 526. The second kappa shape index (κ2) is 5.83. The van der Waals surface area contributed by atoms with Crippen molar-refractivity contribution in [3.8, 4) is 0 Å². The van der Waals surface area contributed by atoms with Crippen molar-refractivity contribution in [2.75, 3.05) is 12.3 Å². The molecule has 1 aromatic carbocycles. The minimum atomic E-state index is -3.76. The van der Waals surface area contributed by atoms with E-state index in [-0.39, 0.29) is 29.1 Å². The van der Waals surface area contributed by atoms with Gasteiger partial charge in [0.1, 0.15) is 4.90 Å². The molecule has 1 aromatic rings. The van der Waals surface area contributed by atoms with E-state index < -0.39 is 10.0 Å². The molecule has 0 aromatic heterocycles. The van der Waals surface area contributed by atoms with Gasteiger partial charge in [0.25, 0.3) is 0 Å². The molecule has 0 bridgehead atoms. The Morgan fingerprint density at radius 2 is 1.94 bits per heavy atom. The van der Waals surface area contributed by atoms with Crippen molar-refractivity contribution in [2.45, 2.75) is 24.8 Å². The largest absolute Gasteiger partial charge is 0.398 e. The van der Waals surface area contributed by atoms with Crippen LogP contribution in [0.25, 0.3) is 0 Å². The molecule has 0 unspecified atom stereocenters. The fourth-order valence-corrected chi connectivity index (χ4v) is 2.45. The Hall–Kier alpha value is -1.60. The van der Waals surface area contributed by atoms with Gasteiger partial charge in [-0.1, -0.05) is 12.1 Å². The molecular formula is C11H17N3O3S. The van der Waals surface area contributed by atoms with Crippen molar-refractivity contribution in [3.63, 3.8) is 0 Å². The number of anilines is 1. The quantitative estimate of drug-likeness (QED) is 0.660. The lowest BCUT2D eigenvalue weighted by Crippen LogP contribution is -2.39. The number of nitrogens with one attached hydrogen (secondary N) is 2. The lowest BCUT2D eigenvalue weighted by atomic mass is 10.3. The minimum Gasteiger partial charge on any atom is -0.398 e. The average molecular weight is 271 g/mol. The first-order chi connectivity index (χ1) is 8.33. The SMILES string of the molecule is CC(C)NC(=O)CNS(=O)(=O)c1ccccc1N. The first kappa shape index (κ1) is 14.5. The molecule has 0 aliphatic rings. The normalized spacial score (nSPS) is 11.5. The van der Waals surface area contributed by atoms with E-state index in [2.05, 4.69) is 10.0 Å². The predicted molar refractivity (Wildman–Crippen MR) is 69.3 cm³/mol. The van der Waals surface area contributed by atoms with Gasteiger partial charge in [-0.3, -0.25) is 4.79 Å². The van der Waals surface area contributed by atoms with Gasteiger partial charge in [-0.2, -0.15) is 0 Å². The zero-order valence-corrected chi connectivity index (χ0v) is 11.1.